The predicted molar refractivity (Wildman–Crippen MR) is 86.0 cm³/mol. The molecule has 0 saturated heterocycles. The maximum Gasteiger partial charge on any atom is 0.132 e. The number of pyridine rings is 1. The van der Waals surface area contributed by atoms with Crippen LogP contribution in [0.5, 0.6) is 11.5 Å². The summed E-state index contributed by atoms with van der Waals surface area (Å²) in [6.07, 6.45) is 2.45. The van der Waals surface area contributed by atoms with Gasteiger partial charge >= 0.3 is 0 Å². The highest BCUT2D eigenvalue weighted by Crippen LogP contribution is 2.31. The van der Waals surface area contributed by atoms with Gasteiger partial charge in [-0.3, -0.25) is 4.98 Å². The van der Waals surface area contributed by atoms with Crippen LogP contribution in [-0.4, -0.2) is 11.5 Å². The van der Waals surface area contributed by atoms with E-state index in [4.69, 9.17) is 22.1 Å². The van der Waals surface area contributed by atoms with Crippen LogP contribution in [0.3, 0.4) is 0 Å². The number of hydrogen-bond donors (Lipinski definition) is 1. The third-order valence-electron chi connectivity index (χ3n) is 3.28. The fourth-order valence-electron chi connectivity index (χ4n) is 2.26. The fourth-order valence-corrected chi connectivity index (χ4v) is 2.52. The SMILES string of the molecule is NCCc1c(Cl)cccc1Oc1ccc2cccnc2c1. The van der Waals surface area contributed by atoms with E-state index in [1.54, 1.807) is 6.20 Å². The van der Waals surface area contributed by atoms with E-state index in [-0.39, 0.29) is 0 Å². The predicted octanol–water partition coefficient (Wildman–Crippen LogP) is 4.18. The highest BCUT2D eigenvalue weighted by atomic mass is 35.5. The molecule has 0 radical (unpaired) electrons. The van der Waals surface area contributed by atoms with Crippen molar-refractivity contribution in [2.75, 3.05) is 6.54 Å². The van der Waals surface area contributed by atoms with Crippen LogP contribution < -0.4 is 10.5 Å². The monoisotopic (exact) mass is 298 g/mol. The number of ether oxygens (including phenoxy) is 1. The van der Waals surface area contributed by atoms with Gasteiger partial charge in [0.2, 0.25) is 0 Å². The number of fused-ring (bicyclic) bond motifs is 1. The molecule has 1 heterocycles. The average Bonchev–Trinajstić information content (AvgIpc) is 2.51. The van der Waals surface area contributed by atoms with Gasteiger partial charge in [-0.2, -0.15) is 0 Å². The molecule has 3 rings (SSSR count). The summed E-state index contributed by atoms with van der Waals surface area (Å²) in [5.74, 6) is 1.48. The van der Waals surface area contributed by atoms with Gasteiger partial charge in [0.25, 0.3) is 0 Å². The third-order valence-corrected chi connectivity index (χ3v) is 3.63. The van der Waals surface area contributed by atoms with Gasteiger partial charge in [0.15, 0.2) is 0 Å². The Morgan fingerprint density at radius 1 is 1.10 bits per heavy atom. The lowest BCUT2D eigenvalue weighted by Crippen LogP contribution is -2.04. The number of nitrogens with zero attached hydrogens (tertiary/aromatic N) is 1. The Hall–Kier alpha value is -2.10. The van der Waals surface area contributed by atoms with E-state index in [0.717, 1.165) is 28.0 Å². The zero-order valence-electron chi connectivity index (χ0n) is 11.4. The molecule has 2 aromatic carbocycles. The normalized spacial score (nSPS) is 10.8. The Labute approximate surface area is 128 Å². The molecule has 21 heavy (non-hydrogen) atoms. The molecular weight excluding hydrogens is 284 g/mol. The van der Waals surface area contributed by atoms with Crippen molar-refractivity contribution in [3.8, 4) is 11.5 Å². The van der Waals surface area contributed by atoms with Crippen molar-refractivity contribution in [2.24, 2.45) is 5.73 Å². The first-order valence-corrected chi connectivity index (χ1v) is 7.16. The van der Waals surface area contributed by atoms with Crippen LogP contribution >= 0.6 is 11.6 Å². The number of rotatable bonds is 4. The second kappa shape index (κ2) is 6.12. The molecule has 0 spiro atoms. The topological polar surface area (TPSA) is 48.1 Å². The van der Waals surface area contributed by atoms with Gasteiger partial charge in [0.1, 0.15) is 11.5 Å². The van der Waals surface area contributed by atoms with Gasteiger partial charge in [-0.25, -0.2) is 0 Å². The zero-order valence-corrected chi connectivity index (χ0v) is 12.2. The summed E-state index contributed by atoms with van der Waals surface area (Å²) in [6.45, 7) is 0.527. The molecule has 0 amide bonds. The molecule has 3 aromatic rings. The molecule has 0 fully saturated rings. The molecule has 0 saturated carbocycles. The second-order valence-electron chi connectivity index (χ2n) is 4.72. The van der Waals surface area contributed by atoms with Crippen LogP contribution in [0, 0.1) is 0 Å². The molecule has 2 N–H and O–H groups in total. The van der Waals surface area contributed by atoms with E-state index >= 15 is 0 Å². The zero-order chi connectivity index (χ0) is 14.7. The number of halogens is 1. The highest BCUT2D eigenvalue weighted by molar-refractivity contribution is 6.31. The Kier molecular flexibility index (Phi) is 4.04. The molecule has 0 aliphatic rings. The summed E-state index contributed by atoms with van der Waals surface area (Å²) in [4.78, 5) is 4.33. The Morgan fingerprint density at radius 3 is 2.86 bits per heavy atom. The van der Waals surface area contributed by atoms with Gasteiger partial charge in [-0.1, -0.05) is 23.7 Å². The minimum atomic E-state index is 0.527. The van der Waals surface area contributed by atoms with Crippen molar-refractivity contribution in [3.63, 3.8) is 0 Å². The molecule has 0 unspecified atom stereocenters. The first kappa shape index (κ1) is 13.9. The number of hydrogen-bond acceptors (Lipinski definition) is 3. The van der Waals surface area contributed by atoms with Gasteiger partial charge in [-0.05, 0) is 43.3 Å². The second-order valence-corrected chi connectivity index (χ2v) is 5.12. The Balaban J connectivity index is 1.96. The van der Waals surface area contributed by atoms with Crippen molar-refractivity contribution in [2.45, 2.75) is 6.42 Å². The molecule has 106 valence electrons. The van der Waals surface area contributed by atoms with Crippen LogP contribution in [0.2, 0.25) is 5.02 Å². The largest absolute Gasteiger partial charge is 0.457 e. The van der Waals surface area contributed by atoms with E-state index in [2.05, 4.69) is 4.98 Å². The van der Waals surface area contributed by atoms with Crippen LogP contribution in [0.15, 0.2) is 54.7 Å². The van der Waals surface area contributed by atoms with Crippen molar-refractivity contribution >= 4 is 22.5 Å². The van der Waals surface area contributed by atoms with Crippen LogP contribution in [-0.2, 0) is 6.42 Å². The minimum absolute atomic E-state index is 0.527. The Morgan fingerprint density at radius 2 is 2.00 bits per heavy atom. The summed E-state index contributed by atoms with van der Waals surface area (Å²) in [7, 11) is 0. The quantitative estimate of drug-likeness (QED) is 0.786. The van der Waals surface area contributed by atoms with Crippen molar-refractivity contribution in [3.05, 3.63) is 65.3 Å². The summed E-state index contributed by atoms with van der Waals surface area (Å²) in [5, 5.41) is 1.76. The number of nitrogens with two attached hydrogens (primary N) is 1. The Bertz CT molecular complexity index is 774. The molecule has 3 nitrogen and oxygen atoms in total. The summed E-state index contributed by atoms with van der Waals surface area (Å²) in [5.41, 5.74) is 7.48. The number of aromatic nitrogens is 1. The summed E-state index contributed by atoms with van der Waals surface area (Å²) >= 11 is 6.22. The number of benzene rings is 2. The maximum atomic E-state index is 6.22. The van der Waals surface area contributed by atoms with Crippen molar-refractivity contribution < 1.29 is 4.74 Å². The van der Waals surface area contributed by atoms with E-state index in [1.165, 1.54) is 0 Å². The third kappa shape index (κ3) is 2.99. The van der Waals surface area contributed by atoms with E-state index in [9.17, 15) is 0 Å². The lowest BCUT2D eigenvalue weighted by Gasteiger charge is -2.12. The average molecular weight is 299 g/mol. The molecular formula is C17H15ClN2O. The van der Waals surface area contributed by atoms with Crippen molar-refractivity contribution in [1.29, 1.82) is 0 Å². The molecule has 0 bridgehead atoms. The lowest BCUT2D eigenvalue weighted by molar-refractivity contribution is 0.477. The lowest BCUT2D eigenvalue weighted by atomic mass is 10.1. The maximum absolute atomic E-state index is 6.22. The highest BCUT2D eigenvalue weighted by Gasteiger charge is 2.09. The summed E-state index contributed by atoms with van der Waals surface area (Å²) < 4.78 is 5.97. The first-order valence-electron chi connectivity index (χ1n) is 6.78. The van der Waals surface area contributed by atoms with E-state index < -0.39 is 0 Å². The minimum Gasteiger partial charge on any atom is -0.457 e. The molecule has 0 aliphatic heterocycles. The van der Waals surface area contributed by atoms with Gasteiger partial charge in [-0.15, -0.1) is 0 Å². The standard InChI is InChI=1S/C17H15ClN2O/c18-15-4-1-5-17(14(15)8-9-19)21-13-7-6-12-3-2-10-20-16(12)11-13/h1-7,10-11H,8-9,19H2. The smallest absolute Gasteiger partial charge is 0.132 e. The van der Waals surface area contributed by atoms with Crippen molar-refractivity contribution in [1.82, 2.24) is 4.98 Å². The molecule has 1 aromatic heterocycles. The van der Waals surface area contributed by atoms with Gasteiger partial charge < -0.3 is 10.5 Å². The molecule has 4 heteroatoms. The molecule has 0 aliphatic carbocycles. The van der Waals surface area contributed by atoms with Gasteiger partial charge in [0, 0.05) is 28.2 Å². The summed E-state index contributed by atoms with van der Waals surface area (Å²) in [6, 6.07) is 15.4. The van der Waals surface area contributed by atoms with Gasteiger partial charge in [0.05, 0.1) is 5.52 Å². The van der Waals surface area contributed by atoms with Crippen LogP contribution in [0.25, 0.3) is 10.9 Å². The van der Waals surface area contributed by atoms with E-state index in [0.29, 0.717) is 18.0 Å². The first-order chi connectivity index (χ1) is 10.3. The van der Waals surface area contributed by atoms with Crippen LogP contribution in [0.1, 0.15) is 5.56 Å². The van der Waals surface area contributed by atoms with E-state index in [1.807, 2.05) is 48.5 Å². The van der Waals surface area contributed by atoms with Crippen LogP contribution in [0.4, 0.5) is 0 Å². The molecule has 0 atom stereocenters. The fraction of sp³-hybridized carbons (Fsp3) is 0.118.